The average Bonchev–Trinajstić information content (AvgIpc) is 2.42. The van der Waals surface area contributed by atoms with E-state index in [1.54, 1.807) is 0 Å². The lowest BCUT2D eigenvalue weighted by Gasteiger charge is -2.33. The number of benzene rings is 1. The lowest BCUT2D eigenvalue weighted by Crippen LogP contribution is -2.50. The van der Waals surface area contributed by atoms with E-state index in [9.17, 15) is 9.90 Å². The Labute approximate surface area is 132 Å². The Morgan fingerprint density at radius 2 is 2.40 bits per heavy atom. The molecular formula is C14H19IN2O3. The second-order valence-corrected chi connectivity index (χ2v) is 6.13. The van der Waals surface area contributed by atoms with Crippen molar-refractivity contribution in [1.29, 1.82) is 0 Å². The van der Waals surface area contributed by atoms with Gasteiger partial charge in [-0.3, -0.25) is 9.69 Å². The number of halogens is 1. The Morgan fingerprint density at radius 3 is 3.10 bits per heavy atom. The van der Waals surface area contributed by atoms with E-state index >= 15 is 0 Å². The normalized spacial score (nSPS) is 19.9. The molecular weight excluding hydrogens is 371 g/mol. The molecule has 0 saturated carbocycles. The van der Waals surface area contributed by atoms with Gasteiger partial charge < -0.3 is 15.2 Å². The van der Waals surface area contributed by atoms with Crippen LogP contribution in [0.5, 0.6) is 0 Å². The van der Waals surface area contributed by atoms with Crippen molar-refractivity contribution in [2.75, 3.05) is 38.2 Å². The molecule has 0 radical (unpaired) electrons. The first kappa shape index (κ1) is 15.7. The highest BCUT2D eigenvalue weighted by atomic mass is 127. The molecule has 5 nitrogen and oxygen atoms in total. The fraction of sp³-hybridized carbons (Fsp3) is 0.500. The van der Waals surface area contributed by atoms with Gasteiger partial charge >= 0.3 is 0 Å². The zero-order valence-electron chi connectivity index (χ0n) is 11.4. The van der Waals surface area contributed by atoms with Crippen LogP contribution in [-0.4, -0.2) is 54.9 Å². The van der Waals surface area contributed by atoms with Crippen molar-refractivity contribution in [2.24, 2.45) is 0 Å². The molecule has 1 unspecified atom stereocenters. The predicted molar refractivity (Wildman–Crippen MR) is 85.8 cm³/mol. The van der Waals surface area contributed by atoms with Gasteiger partial charge in [0.2, 0.25) is 5.91 Å². The third-order valence-corrected chi connectivity index (χ3v) is 4.04. The summed E-state index contributed by atoms with van der Waals surface area (Å²) >= 11 is 2.25. The summed E-state index contributed by atoms with van der Waals surface area (Å²) in [4.78, 5) is 14.1. The van der Waals surface area contributed by atoms with Gasteiger partial charge in [0.25, 0.3) is 0 Å². The van der Waals surface area contributed by atoms with Crippen LogP contribution in [0.1, 0.15) is 5.56 Å². The first-order chi connectivity index (χ1) is 9.60. The van der Waals surface area contributed by atoms with Gasteiger partial charge in [-0.25, -0.2) is 0 Å². The number of nitrogens with zero attached hydrogens (tertiary/aromatic N) is 1. The van der Waals surface area contributed by atoms with Crippen LogP contribution in [0.25, 0.3) is 0 Å². The fourth-order valence-electron chi connectivity index (χ4n) is 2.21. The van der Waals surface area contributed by atoms with Gasteiger partial charge in [0.05, 0.1) is 32.4 Å². The predicted octanol–water partition coefficient (Wildman–Crippen LogP) is 1.23. The number of rotatable bonds is 4. The van der Waals surface area contributed by atoms with Crippen molar-refractivity contribution in [2.45, 2.75) is 13.0 Å². The molecule has 6 heteroatoms. The molecule has 0 spiro atoms. The smallest absolute Gasteiger partial charge is 0.238 e. The molecule has 1 fully saturated rings. The van der Waals surface area contributed by atoms with Crippen molar-refractivity contribution in [3.8, 4) is 0 Å². The summed E-state index contributed by atoms with van der Waals surface area (Å²) in [5.41, 5.74) is 1.88. The summed E-state index contributed by atoms with van der Waals surface area (Å²) in [6.45, 7) is 4.02. The van der Waals surface area contributed by atoms with E-state index in [2.05, 4.69) is 27.9 Å². The van der Waals surface area contributed by atoms with E-state index in [0.29, 0.717) is 19.8 Å². The second-order valence-electron chi connectivity index (χ2n) is 4.89. The summed E-state index contributed by atoms with van der Waals surface area (Å²) in [5.74, 6) is -0.0605. The summed E-state index contributed by atoms with van der Waals surface area (Å²) in [5, 5.41) is 12.2. The van der Waals surface area contributed by atoms with Gasteiger partial charge in [-0.05, 0) is 53.3 Å². The second kappa shape index (κ2) is 7.35. The number of anilines is 1. The molecule has 1 aromatic rings. The summed E-state index contributed by atoms with van der Waals surface area (Å²) in [6, 6.07) is 5.82. The fourth-order valence-corrected chi connectivity index (χ4v) is 2.85. The Hall–Kier alpha value is -0.700. The number of amides is 1. The molecule has 1 saturated heterocycles. The molecule has 1 heterocycles. The maximum atomic E-state index is 12.1. The molecule has 1 aliphatic rings. The van der Waals surface area contributed by atoms with Gasteiger partial charge in [0, 0.05) is 15.8 Å². The molecule has 110 valence electrons. The minimum atomic E-state index is -0.0904. The molecule has 1 atom stereocenters. The van der Waals surface area contributed by atoms with Gasteiger partial charge in [-0.1, -0.05) is 0 Å². The number of aliphatic hydroxyl groups is 1. The molecule has 1 amide bonds. The molecule has 0 aliphatic carbocycles. The molecule has 1 aliphatic heterocycles. The molecule has 1 aromatic carbocycles. The summed E-state index contributed by atoms with van der Waals surface area (Å²) < 4.78 is 6.45. The third kappa shape index (κ3) is 4.15. The topological polar surface area (TPSA) is 61.8 Å². The first-order valence-corrected chi connectivity index (χ1v) is 7.66. The number of ether oxygens (including phenoxy) is 1. The van der Waals surface area contributed by atoms with Crippen LogP contribution in [0.4, 0.5) is 5.69 Å². The number of hydrogen-bond donors (Lipinski definition) is 2. The van der Waals surface area contributed by atoms with Crippen molar-refractivity contribution < 1.29 is 14.6 Å². The number of morpholine rings is 1. The Balaban J connectivity index is 1.94. The highest BCUT2D eigenvalue weighted by Gasteiger charge is 2.24. The van der Waals surface area contributed by atoms with Gasteiger partial charge in [-0.2, -0.15) is 0 Å². The van der Waals surface area contributed by atoms with E-state index in [0.717, 1.165) is 14.8 Å². The molecule has 0 bridgehead atoms. The summed E-state index contributed by atoms with van der Waals surface area (Å²) in [7, 11) is 0. The third-order valence-electron chi connectivity index (χ3n) is 3.37. The number of aliphatic hydroxyl groups excluding tert-OH is 1. The Bertz CT molecular complexity index is 481. The molecule has 20 heavy (non-hydrogen) atoms. The number of carbonyl (C=O) groups is 1. The number of nitrogens with one attached hydrogen (secondary N) is 1. The van der Waals surface area contributed by atoms with Crippen molar-refractivity contribution in [3.05, 3.63) is 27.3 Å². The lowest BCUT2D eigenvalue weighted by molar-refractivity contribution is -0.120. The number of carbonyl (C=O) groups excluding carboxylic acids is 1. The SMILES string of the molecule is Cc1cc(I)ccc1NC(=O)CN1CCOCC1CO. The monoisotopic (exact) mass is 390 g/mol. The largest absolute Gasteiger partial charge is 0.395 e. The van der Waals surface area contributed by atoms with Gasteiger partial charge in [0.1, 0.15) is 0 Å². The molecule has 2 rings (SSSR count). The van der Waals surface area contributed by atoms with Crippen LogP contribution in [0.15, 0.2) is 18.2 Å². The Morgan fingerprint density at radius 1 is 1.60 bits per heavy atom. The molecule has 2 N–H and O–H groups in total. The van der Waals surface area contributed by atoms with Crippen LogP contribution in [-0.2, 0) is 9.53 Å². The first-order valence-electron chi connectivity index (χ1n) is 6.59. The maximum Gasteiger partial charge on any atom is 0.238 e. The van der Waals surface area contributed by atoms with Crippen LogP contribution >= 0.6 is 22.6 Å². The lowest BCUT2D eigenvalue weighted by atomic mass is 10.2. The van der Waals surface area contributed by atoms with Crippen LogP contribution in [0, 0.1) is 10.5 Å². The zero-order valence-corrected chi connectivity index (χ0v) is 13.6. The van der Waals surface area contributed by atoms with Crippen LogP contribution < -0.4 is 5.32 Å². The van der Waals surface area contributed by atoms with E-state index in [1.807, 2.05) is 30.0 Å². The highest BCUT2D eigenvalue weighted by Crippen LogP contribution is 2.17. The zero-order chi connectivity index (χ0) is 14.5. The van der Waals surface area contributed by atoms with E-state index in [-0.39, 0.29) is 25.1 Å². The van der Waals surface area contributed by atoms with Crippen molar-refractivity contribution >= 4 is 34.2 Å². The van der Waals surface area contributed by atoms with Crippen molar-refractivity contribution in [1.82, 2.24) is 4.90 Å². The van der Waals surface area contributed by atoms with Crippen molar-refractivity contribution in [3.63, 3.8) is 0 Å². The standard InChI is InChI=1S/C14H19IN2O3/c1-10-6-11(15)2-3-13(10)16-14(19)7-17-4-5-20-9-12(17)8-18/h2-3,6,12,18H,4-5,7-9H2,1H3,(H,16,19). The number of hydrogen-bond acceptors (Lipinski definition) is 4. The highest BCUT2D eigenvalue weighted by molar-refractivity contribution is 14.1. The molecule has 0 aromatic heterocycles. The average molecular weight is 390 g/mol. The van der Waals surface area contributed by atoms with Crippen LogP contribution in [0.2, 0.25) is 0 Å². The number of aryl methyl sites for hydroxylation is 1. The minimum Gasteiger partial charge on any atom is -0.395 e. The summed E-state index contributed by atoms with van der Waals surface area (Å²) in [6.07, 6.45) is 0. The quantitative estimate of drug-likeness (QED) is 0.760. The van der Waals surface area contributed by atoms with Gasteiger partial charge in [-0.15, -0.1) is 0 Å². The van der Waals surface area contributed by atoms with E-state index in [1.165, 1.54) is 0 Å². The van der Waals surface area contributed by atoms with E-state index in [4.69, 9.17) is 4.74 Å². The maximum absolute atomic E-state index is 12.1. The van der Waals surface area contributed by atoms with Crippen LogP contribution in [0.3, 0.4) is 0 Å². The Kier molecular flexibility index (Phi) is 5.76. The van der Waals surface area contributed by atoms with Gasteiger partial charge in [0.15, 0.2) is 0 Å². The minimum absolute atomic E-state index is 0.00976. The van der Waals surface area contributed by atoms with E-state index < -0.39 is 0 Å².